The van der Waals surface area contributed by atoms with E-state index in [2.05, 4.69) is 10.3 Å². The van der Waals surface area contributed by atoms with Gasteiger partial charge in [0.25, 0.3) is 0 Å². The number of ether oxygens (including phenoxy) is 1. The molecule has 0 spiro atoms. The fourth-order valence-corrected chi connectivity index (χ4v) is 3.21. The van der Waals surface area contributed by atoms with Crippen LogP contribution in [0.25, 0.3) is 0 Å². The Bertz CT molecular complexity index is 879. The molecule has 8 heteroatoms. The number of methoxy groups -OCH3 is 1. The van der Waals surface area contributed by atoms with Crippen molar-refractivity contribution in [3.8, 4) is 5.75 Å². The van der Waals surface area contributed by atoms with Crippen molar-refractivity contribution < 1.29 is 14.6 Å². The molecule has 3 aromatic rings. The number of hydrogen-bond acceptors (Lipinski definition) is 5. The van der Waals surface area contributed by atoms with Gasteiger partial charge in [-0.2, -0.15) is 0 Å². The lowest BCUT2D eigenvalue weighted by atomic mass is 10.2. The summed E-state index contributed by atoms with van der Waals surface area (Å²) in [5.41, 5.74) is 0.883. The Balaban J connectivity index is 1.90. The summed E-state index contributed by atoms with van der Waals surface area (Å²) in [6.45, 7) is 0.403. The van der Waals surface area contributed by atoms with Crippen LogP contribution in [0.5, 0.6) is 5.75 Å². The monoisotopic (exact) mass is 375 g/mol. The van der Waals surface area contributed by atoms with Gasteiger partial charge in [0.2, 0.25) is 5.69 Å². The van der Waals surface area contributed by atoms with Gasteiger partial charge in [0.1, 0.15) is 10.8 Å². The van der Waals surface area contributed by atoms with Gasteiger partial charge >= 0.3 is 5.97 Å². The van der Waals surface area contributed by atoms with E-state index in [4.69, 9.17) is 16.3 Å². The van der Waals surface area contributed by atoms with Gasteiger partial charge in [-0.15, -0.1) is 5.10 Å². The Labute approximate surface area is 153 Å². The van der Waals surface area contributed by atoms with Gasteiger partial charge in [-0.25, -0.2) is 9.48 Å². The Morgan fingerprint density at radius 2 is 1.88 bits per heavy atom. The second kappa shape index (κ2) is 7.58. The number of rotatable bonds is 6. The molecule has 1 aromatic heterocycles. The zero-order valence-electron chi connectivity index (χ0n) is 13.2. The van der Waals surface area contributed by atoms with Gasteiger partial charge < -0.3 is 9.84 Å². The highest BCUT2D eigenvalue weighted by molar-refractivity contribution is 7.99. The lowest BCUT2D eigenvalue weighted by Crippen LogP contribution is -2.05. The van der Waals surface area contributed by atoms with Crippen LogP contribution in [0.3, 0.4) is 0 Å². The Hall–Kier alpha value is -2.51. The molecular formula is C17H14ClN3O3S. The van der Waals surface area contributed by atoms with E-state index in [0.29, 0.717) is 16.6 Å². The molecule has 0 radical (unpaired) electrons. The number of nitrogens with zero attached hydrogens (tertiary/aromatic N) is 3. The van der Waals surface area contributed by atoms with Crippen molar-refractivity contribution in [2.75, 3.05) is 7.11 Å². The van der Waals surface area contributed by atoms with Gasteiger partial charge in [0, 0.05) is 9.92 Å². The molecule has 0 bridgehead atoms. The van der Waals surface area contributed by atoms with Crippen LogP contribution in [0.2, 0.25) is 5.02 Å². The summed E-state index contributed by atoms with van der Waals surface area (Å²) >= 11 is 7.18. The quantitative estimate of drug-likeness (QED) is 0.705. The standard InChI is InChI=1S/C17H14ClN3O3S/c1-24-13-6-2-11(3-7-13)10-21-16(15(17(22)23)19-20-21)25-14-8-4-12(18)5-9-14/h2-9H,10H2,1H3,(H,22,23). The van der Waals surface area contributed by atoms with Crippen molar-refractivity contribution in [1.29, 1.82) is 0 Å². The molecule has 128 valence electrons. The average Bonchev–Trinajstić information content (AvgIpc) is 3.00. The maximum Gasteiger partial charge on any atom is 0.359 e. The fraction of sp³-hybridized carbons (Fsp3) is 0.118. The van der Waals surface area contributed by atoms with E-state index < -0.39 is 5.97 Å². The molecule has 1 N–H and O–H groups in total. The molecule has 0 aliphatic carbocycles. The SMILES string of the molecule is COc1ccc(Cn2nnc(C(=O)O)c2Sc2ccc(Cl)cc2)cc1. The normalized spacial score (nSPS) is 10.6. The molecule has 0 aliphatic heterocycles. The van der Waals surface area contributed by atoms with Gasteiger partial charge in [-0.3, -0.25) is 0 Å². The molecule has 3 rings (SSSR count). The number of hydrogen-bond donors (Lipinski definition) is 1. The number of halogens is 1. The topological polar surface area (TPSA) is 77.2 Å². The third-order valence-corrected chi connectivity index (χ3v) is 4.77. The summed E-state index contributed by atoms with van der Waals surface area (Å²) in [6, 6.07) is 14.6. The number of aromatic carboxylic acids is 1. The molecule has 0 saturated heterocycles. The van der Waals surface area contributed by atoms with Crippen molar-refractivity contribution in [3.05, 3.63) is 64.8 Å². The van der Waals surface area contributed by atoms with E-state index in [0.717, 1.165) is 16.2 Å². The van der Waals surface area contributed by atoms with E-state index >= 15 is 0 Å². The van der Waals surface area contributed by atoms with Crippen LogP contribution in [0.15, 0.2) is 58.5 Å². The van der Waals surface area contributed by atoms with Crippen LogP contribution in [-0.2, 0) is 6.54 Å². The first-order valence-corrected chi connectivity index (χ1v) is 8.49. The summed E-state index contributed by atoms with van der Waals surface area (Å²) in [5, 5.41) is 18.2. The van der Waals surface area contributed by atoms with E-state index in [-0.39, 0.29) is 5.69 Å². The van der Waals surface area contributed by atoms with Gasteiger partial charge in [0.05, 0.1) is 13.7 Å². The third-order valence-electron chi connectivity index (χ3n) is 3.41. The second-order valence-electron chi connectivity index (χ2n) is 5.11. The van der Waals surface area contributed by atoms with Crippen LogP contribution in [-0.4, -0.2) is 33.2 Å². The van der Waals surface area contributed by atoms with E-state index in [1.165, 1.54) is 11.8 Å². The highest BCUT2D eigenvalue weighted by Gasteiger charge is 2.20. The zero-order valence-corrected chi connectivity index (χ0v) is 14.8. The second-order valence-corrected chi connectivity index (χ2v) is 6.61. The van der Waals surface area contributed by atoms with Crippen LogP contribution in [0.1, 0.15) is 16.1 Å². The van der Waals surface area contributed by atoms with Gasteiger partial charge in [0.15, 0.2) is 0 Å². The zero-order chi connectivity index (χ0) is 17.8. The summed E-state index contributed by atoms with van der Waals surface area (Å²) in [6.07, 6.45) is 0. The van der Waals surface area contributed by atoms with Crippen LogP contribution >= 0.6 is 23.4 Å². The molecule has 0 amide bonds. The van der Waals surface area contributed by atoms with Crippen molar-refractivity contribution in [3.63, 3.8) is 0 Å². The van der Waals surface area contributed by atoms with Crippen molar-refractivity contribution in [2.24, 2.45) is 0 Å². The average molecular weight is 376 g/mol. The van der Waals surface area contributed by atoms with Crippen molar-refractivity contribution in [1.82, 2.24) is 15.0 Å². The summed E-state index contributed by atoms with van der Waals surface area (Å²) in [4.78, 5) is 12.3. The Kier molecular flexibility index (Phi) is 5.25. The number of carboxylic acids is 1. The summed E-state index contributed by atoms with van der Waals surface area (Å²) in [5.74, 6) is -0.359. The Morgan fingerprint density at radius 3 is 2.48 bits per heavy atom. The highest BCUT2D eigenvalue weighted by Crippen LogP contribution is 2.31. The minimum Gasteiger partial charge on any atom is -0.497 e. The predicted octanol–water partition coefficient (Wildman–Crippen LogP) is 3.84. The van der Waals surface area contributed by atoms with Gasteiger partial charge in [-0.1, -0.05) is 40.7 Å². The van der Waals surface area contributed by atoms with Gasteiger partial charge in [-0.05, 0) is 42.0 Å². The smallest absolute Gasteiger partial charge is 0.359 e. The molecule has 0 fully saturated rings. The summed E-state index contributed by atoms with van der Waals surface area (Å²) in [7, 11) is 1.60. The highest BCUT2D eigenvalue weighted by atomic mass is 35.5. The predicted molar refractivity (Wildman–Crippen MR) is 94.7 cm³/mol. The van der Waals surface area contributed by atoms with Crippen molar-refractivity contribution >= 4 is 29.3 Å². The van der Waals surface area contributed by atoms with Crippen LogP contribution in [0.4, 0.5) is 0 Å². The van der Waals surface area contributed by atoms with Crippen LogP contribution < -0.4 is 4.74 Å². The molecule has 2 aromatic carbocycles. The largest absolute Gasteiger partial charge is 0.497 e. The molecular weight excluding hydrogens is 362 g/mol. The fourth-order valence-electron chi connectivity index (χ4n) is 2.16. The van der Waals surface area contributed by atoms with Crippen LogP contribution in [0, 0.1) is 0 Å². The van der Waals surface area contributed by atoms with E-state index in [1.54, 1.807) is 23.9 Å². The lowest BCUT2D eigenvalue weighted by molar-refractivity contribution is 0.0686. The van der Waals surface area contributed by atoms with Crippen molar-refractivity contribution in [2.45, 2.75) is 16.5 Å². The van der Waals surface area contributed by atoms with E-state index in [1.807, 2.05) is 36.4 Å². The molecule has 1 heterocycles. The lowest BCUT2D eigenvalue weighted by Gasteiger charge is -2.08. The number of aromatic nitrogens is 3. The minimum atomic E-state index is -1.11. The molecule has 6 nitrogen and oxygen atoms in total. The first-order valence-electron chi connectivity index (χ1n) is 7.30. The number of carbonyl (C=O) groups is 1. The van der Waals surface area contributed by atoms with E-state index in [9.17, 15) is 9.90 Å². The summed E-state index contributed by atoms with van der Waals surface area (Å²) < 4.78 is 6.71. The molecule has 0 saturated carbocycles. The number of carboxylic acid groups (broad SMARTS) is 1. The maximum atomic E-state index is 11.4. The maximum absolute atomic E-state index is 11.4. The first kappa shape index (κ1) is 17.3. The molecule has 0 aliphatic rings. The number of benzene rings is 2. The molecule has 0 atom stereocenters. The Morgan fingerprint density at radius 1 is 1.20 bits per heavy atom. The minimum absolute atomic E-state index is 0.0755. The molecule has 25 heavy (non-hydrogen) atoms. The third kappa shape index (κ3) is 4.12. The first-order chi connectivity index (χ1) is 12.1. The molecule has 0 unspecified atom stereocenters.